The van der Waals surface area contributed by atoms with Crippen LogP contribution in [-0.4, -0.2) is 31.1 Å². The quantitative estimate of drug-likeness (QED) is 0.561. The number of amides is 2. The lowest BCUT2D eigenvalue weighted by Gasteiger charge is -2.12. The maximum Gasteiger partial charge on any atom is 0.407 e. The number of benzene rings is 2. The van der Waals surface area contributed by atoms with Crippen molar-refractivity contribution in [3.63, 3.8) is 0 Å². The van der Waals surface area contributed by atoms with Crippen molar-refractivity contribution in [2.45, 2.75) is 31.9 Å². The molecule has 0 spiro atoms. The fourth-order valence-electron chi connectivity index (χ4n) is 2.52. The smallest absolute Gasteiger partial charge is 0.407 e. The predicted molar refractivity (Wildman–Crippen MR) is 105 cm³/mol. The van der Waals surface area contributed by atoms with Gasteiger partial charge in [0, 0.05) is 13.1 Å². The molecule has 0 radical (unpaired) electrons. The van der Waals surface area contributed by atoms with Gasteiger partial charge in [-0.05, 0) is 30.4 Å². The van der Waals surface area contributed by atoms with E-state index < -0.39 is 12.1 Å². The van der Waals surface area contributed by atoms with Crippen LogP contribution in [0.4, 0.5) is 4.79 Å². The van der Waals surface area contributed by atoms with Crippen LogP contribution < -0.4 is 16.4 Å². The number of nitrogens with two attached hydrogens (primary N) is 1. The Bertz CT molecular complexity index is 692. The van der Waals surface area contributed by atoms with Gasteiger partial charge in [0.2, 0.25) is 5.91 Å². The number of carbonyl (C=O) groups is 2. The molecule has 1 unspecified atom stereocenters. The molecule has 6 heteroatoms. The molecule has 0 aliphatic carbocycles. The minimum absolute atomic E-state index is 0.169. The van der Waals surface area contributed by atoms with Crippen LogP contribution in [0.15, 0.2) is 60.7 Å². The zero-order chi connectivity index (χ0) is 19.3. The second-order valence-corrected chi connectivity index (χ2v) is 6.26. The summed E-state index contributed by atoms with van der Waals surface area (Å²) in [5.41, 5.74) is 8.00. The molecule has 0 fully saturated rings. The molecule has 6 nitrogen and oxygen atoms in total. The summed E-state index contributed by atoms with van der Waals surface area (Å²) in [5.74, 6) is -0.169. The topological polar surface area (TPSA) is 93.4 Å². The summed E-state index contributed by atoms with van der Waals surface area (Å²) in [6.07, 6.45) is 1.40. The number of carbonyl (C=O) groups excluding carboxylic acids is 2. The summed E-state index contributed by atoms with van der Waals surface area (Å²) in [6.45, 7) is 1.20. The van der Waals surface area contributed by atoms with E-state index >= 15 is 0 Å². The molecule has 1 atom stereocenters. The first-order chi connectivity index (χ1) is 13.1. The molecule has 2 aromatic carbocycles. The van der Waals surface area contributed by atoms with E-state index in [1.807, 2.05) is 60.7 Å². The summed E-state index contributed by atoms with van der Waals surface area (Å²) < 4.78 is 5.12. The third-order valence-electron chi connectivity index (χ3n) is 4.07. The number of hydrogen-bond donors (Lipinski definition) is 3. The lowest BCUT2D eigenvalue weighted by molar-refractivity contribution is -0.122. The Kier molecular flexibility index (Phi) is 8.86. The average Bonchev–Trinajstić information content (AvgIpc) is 2.71. The second kappa shape index (κ2) is 11.7. The van der Waals surface area contributed by atoms with Crippen LogP contribution in [0.25, 0.3) is 0 Å². The van der Waals surface area contributed by atoms with Crippen LogP contribution in [0.5, 0.6) is 0 Å². The molecular weight excluding hydrogens is 342 g/mol. The van der Waals surface area contributed by atoms with Crippen LogP contribution >= 0.6 is 0 Å². The Morgan fingerprint density at radius 1 is 0.889 bits per heavy atom. The first-order valence-corrected chi connectivity index (χ1v) is 9.17. The molecular formula is C21H27N3O3. The van der Waals surface area contributed by atoms with Crippen LogP contribution in [0.1, 0.15) is 24.0 Å². The van der Waals surface area contributed by atoms with Gasteiger partial charge in [-0.1, -0.05) is 60.7 Å². The lowest BCUT2D eigenvalue weighted by atomic mass is 10.1. The summed E-state index contributed by atoms with van der Waals surface area (Å²) >= 11 is 0. The van der Waals surface area contributed by atoms with Gasteiger partial charge in [0.1, 0.15) is 6.61 Å². The third kappa shape index (κ3) is 8.37. The van der Waals surface area contributed by atoms with Crippen molar-refractivity contribution in [1.82, 2.24) is 10.6 Å². The standard InChI is InChI=1S/C21H27N3O3/c22-19(20(25)23-15-13-17-8-3-1-4-9-17)12-7-14-24-21(26)27-16-18-10-5-2-6-11-18/h1-6,8-11,19H,7,12-16,22H2,(H,23,25)(H,24,26). The summed E-state index contributed by atoms with van der Waals surface area (Å²) in [7, 11) is 0. The molecule has 27 heavy (non-hydrogen) atoms. The van der Waals surface area contributed by atoms with Crippen LogP contribution in [-0.2, 0) is 22.6 Å². The SMILES string of the molecule is NC(CCCNC(=O)OCc1ccccc1)C(=O)NCCc1ccccc1. The van der Waals surface area contributed by atoms with E-state index in [9.17, 15) is 9.59 Å². The minimum atomic E-state index is -0.581. The fourth-order valence-corrected chi connectivity index (χ4v) is 2.52. The van der Waals surface area contributed by atoms with Crippen molar-refractivity contribution in [1.29, 1.82) is 0 Å². The Hall–Kier alpha value is -2.86. The molecule has 0 bridgehead atoms. The van der Waals surface area contributed by atoms with Gasteiger partial charge in [-0.2, -0.15) is 0 Å². The largest absolute Gasteiger partial charge is 0.445 e. The molecule has 0 heterocycles. The van der Waals surface area contributed by atoms with Gasteiger partial charge in [0.15, 0.2) is 0 Å². The fraction of sp³-hybridized carbons (Fsp3) is 0.333. The molecule has 2 amide bonds. The van der Waals surface area contributed by atoms with Crippen molar-refractivity contribution < 1.29 is 14.3 Å². The molecule has 144 valence electrons. The highest BCUT2D eigenvalue weighted by Crippen LogP contribution is 2.01. The second-order valence-electron chi connectivity index (χ2n) is 6.26. The lowest BCUT2D eigenvalue weighted by Crippen LogP contribution is -2.41. The summed E-state index contributed by atoms with van der Waals surface area (Å²) in [4.78, 5) is 23.6. The van der Waals surface area contributed by atoms with Gasteiger partial charge in [-0.3, -0.25) is 4.79 Å². The molecule has 0 saturated heterocycles. The summed E-state index contributed by atoms with van der Waals surface area (Å²) in [6, 6.07) is 18.8. The van der Waals surface area contributed by atoms with Crippen LogP contribution in [0, 0.1) is 0 Å². The predicted octanol–water partition coefficient (Wildman–Crippen LogP) is 2.38. The highest BCUT2D eigenvalue weighted by molar-refractivity contribution is 5.81. The van der Waals surface area contributed by atoms with Gasteiger partial charge in [0.05, 0.1) is 6.04 Å². The molecule has 4 N–H and O–H groups in total. The van der Waals surface area contributed by atoms with E-state index in [1.165, 1.54) is 5.56 Å². The molecule has 2 rings (SSSR count). The van der Waals surface area contributed by atoms with Crippen molar-refractivity contribution in [3.05, 3.63) is 71.8 Å². The molecule has 0 aliphatic rings. The normalized spacial score (nSPS) is 11.4. The van der Waals surface area contributed by atoms with Crippen molar-refractivity contribution in [3.8, 4) is 0 Å². The number of ether oxygens (including phenoxy) is 1. The van der Waals surface area contributed by atoms with Crippen LogP contribution in [0.3, 0.4) is 0 Å². The summed E-state index contributed by atoms with van der Waals surface area (Å²) in [5, 5.41) is 5.51. The van der Waals surface area contributed by atoms with E-state index in [0.717, 1.165) is 12.0 Å². The number of rotatable bonds is 10. The zero-order valence-electron chi connectivity index (χ0n) is 15.4. The zero-order valence-corrected chi connectivity index (χ0v) is 15.4. The molecule has 0 aromatic heterocycles. The number of hydrogen-bond acceptors (Lipinski definition) is 4. The van der Waals surface area contributed by atoms with E-state index in [2.05, 4.69) is 10.6 Å². The van der Waals surface area contributed by atoms with Gasteiger partial charge in [-0.25, -0.2) is 4.79 Å². The number of alkyl carbamates (subject to hydrolysis) is 1. The van der Waals surface area contributed by atoms with Gasteiger partial charge >= 0.3 is 6.09 Å². The van der Waals surface area contributed by atoms with E-state index in [1.54, 1.807) is 0 Å². The maximum absolute atomic E-state index is 12.0. The highest BCUT2D eigenvalue weighted by Gasteiger charge is 2.12. The average molecular weight is 369 g/mol. The molecule has 2 aromatic rings. The highest BCUT2D eigenvalue weighted by atomic mass is 16.5. The Balaban J connectivity index is 1.52. The monoisotopic (exact) mass is 369 g/mol. The number of nitrogens with one attached hydrogen (secondary N) is 2. The van der Waals surface area contributed by atoms with Crippen LogP contribution in [0.2, 0.25) is 0 Å². The van der Waals surface area contributed by atoms with Gasteiger partial charge in [-0.15, -0.1) is 0 Å². The van der Waals surface area contributed by atoms with Gasteiger partial charge < -0.3 is 21.1 Å². The third-order valence-corrected chi connectivity index (χ3v) is 4.07. The Morgan fingerprint density at radius 2 is 1.52 bits per heavy atom. The maximum atomic E-state index is 12.0. The minimum Gasteiger partial charge on any atom is -0.445 e. The Labute approximate surface area is 160 Å². The first-order valence-electron chi connectivity index (χ1n) is 9.17. The van der Waals surface area contributed by atoms with E-state index in [0.29, 0.717) is 25.9 Å². The van der Waals surface area contributed by atoms with Gasteiger partial charge in [0.25, 0.3) is 0 Å². The van der Waals surface area contributed by atoms with E-state index in [-0.39, 0.29) is 12.5 Å². The molecule has 0 aliphatic heterocycles. The van der Waals surface area contributed by atoms with Crippen molar-refractivity contribution in [2.24, 2.45) is 5.73 Å². The van der Waals surface area contributed by atoms with E-state index in [4.69, 9.17) is 10.5 Å². The first kappa shape index (κ1) is 20.5. The Morgan fingerprint density at radius 3 is 2.19 bits per heavy atom. The van der Waals surface area contributed by atoms with Crippen molar-refractivity contribution in [2.75, 3.05) is 13.1 Å². The molecule has 0 saturated carbocycles. The van der Waals surface area contributed by atoms with Crippen molar-refractivity contribution >= 4 is 12.0 Å².